The molecule has 0 spiro atoms. The van der Waals surface area contributed by atoms with Gasteiger partial charge >= 0.3 is 0 Å². The summed E-state index contributed by atoms with van der Waals surface area (Å²) in [6.45, 7) is 0. The molecular weight excluding hydrogens is 228 g/mol. The third kappa shape index (κ3) is 1.93. The van der Waals surface area contributed by atoms with Crippen molar-refractivity contribution in [2.75, 3.05) is 0 Å². The number of ketones is 1. The highest BCUT2D eigenvalue weighted by Crippen LogP contribution is 2.38. The predicted molar refractivity (Wildman–Crippen MR) is 70.8 cm³/mol. The molecule has 1 aliphatic carbocycles. The molecule has 1 saturated carbocycles. The lowest BCUT2D eigenvalue weighted by atomic mass is 9.77. The average Bonchev–Trinajstić information content (AvgIpc) is 2.80. The fraction of sp³-hybridized carbons (Fsp3) is 0.267. The summed E-state index contributed by atoms with van der Waals surface area (Å²) < 4.78 is 0. The molecule has 1 nitrogen and oxygen atoms in total. The van der Waals surface area contributed by atoms with E-state index in [1.54, 1.807) is 11.3 Å². The molecule has 0 N–H and O–H groups in total. The Labute approximate surface area is 105 Å². The summed E-state index contributed by atoms with van der Waals surface area (Å²) in [6, 6.07) is 9.99. The Kier molecular flexibility index (Phi) is 2.81. The summed E-state index contributed by atoms with van der Waals surface area (Å²) in [5, 5.41) is 3.89. The van der Waals surface area contributed by atoms with Crippen molar-refractivity contribution < 1.29 is 4.79 Å². The molecule has 1 aromatic heterocycles. The second-order valence-corrected chi connectivity index (χ2v) is 5.34. The molecule has 0 amide bonds. The summed E-state index contributed by atoms with van der Waals surface area (Å²) in [7, 11) is 0. The largest absolute Gasteiger partial charge is 0.289 e. The van der Waals surface area contributed by atoms with E-state index in [9.17, 15) is 4.79 Å². The van der Waals surface area contributed by atoms with E-state index >= 15 is 0 Å². The number of hydrogen-bond donors (Lipinski definition) is 0. The van der Waals surface area contributed by atoms with E-state index in [0.29, 0.717) is 5.92 Å². The van der Waals surface area contributed by atoms with Crippen LogP contribution in [0.3, 0.4) is 0 Å². The van der Waals surface area contributed by atoms with Gasteiger partial charge in [0.15, 0.2) is 5.78 Å². The number of carbonyl (C=O) groups excluding carboxylic acids is 1. The number of hydrogen-bond acceptors (Lipinski definition) is 2. The fourth-order valence-electron chi connectivity index (χ4n) is 2.33. The van der Waals surface area contributed by atoms with E-state index in [2.05, 4.69) is 6.07 Å². The van der Waals surface area contributed by atoms with Crippen LogP contribution in [0.5, 0.6) is 0 Å². The van der Waals surface area contributed by atoms with Gasteiger partial charge in [0.05, 0.1) is 0 Å². The molecule has 2 aromatic rings. The van der Waals surface area contributed by atoms with Crippen LogP contribution in [0.1, 0.15) is 46.7 Å². The third-order valence-electron chi connectivity index (χ3n) is 3.53. The average molecular weight is 242 g/mol. The molecule has 2 heteroatoms. The standard InChI is InChI=1S/C15H14OS/c16-15(12-8-9-17-10-12)14-7-2-1-6-13(14)11-4-3-5-11/h1-2,6-11H,3-5H2. The molecule has 1 fully saturated rings. The summed E-state index contributed by atoms with van der Waals surface area (Å²) in [4.78, 5) is 12.4. The molecule has 1 aliphatic rings. The summed E-state index contributed by atoms with van der Waals surface area (Å²) in [6.07, 6.45) is 3.76. The minimum atomic E-state index is 0.175. The van der Waals surface area contributed by atoms with Gasteiger partial charge in [-0.3, -0.25) is 4.79 Å². The maximum Gasteiger partial charge on any atom is 0.194 e. The van der Waals surface area contributed by atoms with Crippen molar-refractivity contribution in [2.24, 2.45) is 0 Å². The Morgan fingerprint density at radius 1 is 1.18 bits per heavy atom. The molecule has 3 rings (SSSR count). The first-order valence-electron chi connectivity index (χ1n) is 6.02. The van der Waals surface area contributed by atoms with Crippen LogP contribution in [-0.2, 0) is 0 Å². The summed E-state index contributed by atoms with van der Waals surface area (Å²) in [5.74, 6) is 0.780. The predicted octanol–water partition coefficient (Wildman–Crippen LogP) is 4.25. The highest BCUT2D eigenvalue weighted by molar-refractivity contribution is 7.08. The number of carbonyl (C=O) groups is 1. The van der Waals surface area contributed by atoms with Crippen LogP contribution in [0, 0.1) is 0 Å². The van der Waals surface area contributed by atoms with Crippen LogP contribution in [-0.4, -0.2) is 5.78 Å². The van der Waals surface area contributed by atoms with Crippen LogP contribution in [0.4, 0.5) is 0 Å². The Bertz CT molecular complexity index is 524. The molecule has 1 aromatic carbocycles. The first-order chi connectivity index (χ1) is 8.36. The molecule has 0 saturated heterocycles. The number of benzene rings is 1. The molecule has 17 heavy (non-hydrogen) atoms. The quantitative estimate of drug-likeness (QED) is 0.735. The fourth-order valence-corrected chi connectivity index (χ4v) is 2.96. The zero-order chi connectivity index (χ0) is 11.7. The minimum absolute atomic E-state index is 0.175. The van der Waals surface area contributed by atoms with Crippen LogP contribution < -0.4 is 0 Å². The van der Waals surface area contributed by atoms with E-state index in [1.165, 1.54) is 24.8 Å². The number of rotatable bonds is 3. The van der Waals surface area contributed by atoms with Crippen molar-refractivity contribution in [2.45, 2.75) is 25.2 Å². The van der Waals surface area contributed by atoms with Gasteiger partial charge in [-0.15, -0.1) is 0 Å². The zero-order valence-corrected chi connectivity index (χ0v) is 10.4. The van der Waals surface area contributed by atoms with E-state index in [4.69, 9.17) is 0 Å². The van der Waals surface area contributed by atoms with E-state index in [-0.39, 0.29) is 5.78 Å². The van der Waals surface area contributed by atoms with E-state index < -0.39 is 0 Å². The first kappa shape index (κ1) is 10.7. The zero-order valence-electron chi connectivity index (χ0n) is 9.56. The monoisotopic (exact) mass is 242 g/mol. The van der Waals surface area contributed by atoms with Gasteiger partial charge in [0.25, 0.3) is 0 Å². The highest BCUT2D eigenvalue weighted by atomic mass is 32.1. The third-order valence-corrected chi connectivity index (χ3v) is 4.22. The van der Waals surface area contributed by atoms with E-state index in [0.717, 1.165) is 11.1 Å². The summed E-state index contributed by atoms with van der Waals surface area (Å²) in [5.41, 5.74) is 2.97. The second kappa shape index (κ2) is 4.46. The van der Waals surface area contributed by atoms with Crippen molar-refractivity contribution >= 4 is 17.1 Å². The molecule has 86 valence electrons. The van der Waals surface area contributed by atoms with Gasteiger partial charge in [0.1, 0.15) is 0 Å². The molecule has 0 bridgehead atoms. The molecule has 0 atom stereocenters. The molecule has 0 aliphatic heterocycles. The topological polar surface area (TPSA) is 17.1 Å². The van der Waals surface area contributed by atoms with Gasteiger partial charge in [-0.05, 0) is 35.8 Å². The lowest BCUT2D eigenvalue weighted by molar-refractivity contribution is 0.103. The summed E-state index contributed by atoms with van der Waals surface area (Å²) >= 11 is 1.58. The minimum Gasteiger partial charge on any atom is -0.289 e. The molecule has 1 heterocycles. The van der Waals surface area contributed by atoms with Gasteiger partial charge in [-0.1, -0.05) is 30.7 Å². The smallest absolute Gasteiger partial charge is 0.194 e. The van der Waals surface area contributed by atoms with Crippen molar-refractivity contribution in [1.82, 2.24) is 0 Å². The van der Waals surface area contributed by atoms with Crippen LogP contribution >= 0.6 is 11.3 Å². The lowest BCUT2D eigenvalue weighted by Crippen LogP contribution is -2.14. The van der Waals surface area contributed by atoms with Gasteiger partial charge in [-0.2, -0.15) is 11.3 Å². The Balaban J connectivity index is 1.99. The van der Waals surface area contributed by atoms with Crippen LogP contribution in [0.25, 0.3) is 0 Å². The maximum absolute atomic E-state index is 12.4. The lowest BCUT2D eigenvalue weighted by Gasteiger charge is -2.27. The van der Waals surface area contributed by atoms with Crippen molar-refractivity contribution in [3.8, 4) is 0 Å². The SMILES string of the molecule is O=C(c1ccsc1)c1ccccc1C1CCC1. The van der Waals surface area contributed by atoms with Gasteiger partial charge in [0.2, 0.25) is 0 Å². The maximum atomic E-state index is 12.4. The first-order valence-corrected chi connectivity index (χ1v) is 6.96. The Morgan fingerprint density at radius 3 is 2.65 bits per heavy atom. The van der Waals surface area contributed by atoms with Crippen LogP contribution in [0.2, 0.25) is 0 Å². The van der Waals surface area contributed by atoms with Crippen molar-refractivity contribution in [3.63, 3.8) is 0 Å². The molecule has 0 radical (unpaired) electrons. The van der Waals surface area contributed by atoms with Crippen molar-refractivity contribution in [1.29, 1.82) is 0 Å². The van der Waals surface area contributed by atoms with Gasteiger partial charge in [-0.25, -0.2) is 0 Å². The highest BCUT2D eigenvalue weighted by Gasteiger charge is 2.24. The van der Waals surface area contributed by atoms with E-state index in [1.807, 2.05) is 35.0 Å². The van der Waals surface area contributed by atoms with Gasteiger partial charge < -0.3 is 0 Å². The Hall–Kier alpha value is -1.41. The number of thiophene rings is 1. The van der Waals surface area contributed by atoms with Gasteiger partial charge in [0, 0.05) is 16.5 Å². The second-order valence-electron chi connectivity index (χ2n) is 4.56. The molecular formula is C15H14OS. The molecule has 0 unspecified atom stereocenters. The van der Waals surface area contributed by atoms with Crippen molar-refractivity contribution in [3.05, 3.63) is 57.8 Å². The van der Waals surface area contributed by atoms with Crippen LogP contribution in [0.15, 0.2) is 41.1 Å². The normalized spacial score (nSPS) is 15.5. The Morgan fingerprint density at radius 2 is 2.00 bits per heavy atom.